The molecule has 0 aromatic heterocycles. The van der Waals surface area contributed by atoms with E-state index in [1.165, 1.54) is 0 Å². The molecule has 0 aliphatic carbocycles. The molecule has 0 atom stereocenters. The molecule has 1 heterocycles. The molecular weight excluding hydrogens is 360 g/mol. The minimum absolute atomic E-state index is 0.0726. The van der Waals surface area contributed by atoms with E-state index in [-0.39, 0.29) is 31.3 Å². The Bertz CT molecular complexity index is 874. The van der Waals surface area contributed by atoms with Gasteiger partial charge in [0.15, 0.2) is 0 Å². The van der Waals surface area contributed by atoms with Gasteiger partial charge in [-0.25, -0.2) is 0 Å². The topological polar surface area (TPSA) is 105 Å². The molecule has 3 rings (SSSR count). The lowest BCUT2D eigenvalue weighted by Crippen LogP contribution is -2.46. The molecule has 0 bridgehead atoms. The van der Waals surface area contributed by atoms with Gasteiger partial charge in [-0.1, -0.05) is 30.3 Å². The Kier molecular flexibility index (Phi) is 6.26. The van der Waals surface area contributed by atoms with E-state index in [0.29, 0.717) is 31.6 Å². The van der Waals surface area contributed by atoms with Crippen LogP contribution in [0.15, 0.2) is 42.5 Å². The van der Waals surface area contributed by atoms with Crippen LogP contribution < -0.4 is 10.6 Å². The molecule has 1 fully saturated rings. The number of nitrogens with one attached hydrogen (secondary N) is 2. The minimum Gasteiger partial charge on any atom is -0.481 e. The second-order valence-corrected chi connectivity index (χ2v) is 7.04. The third-order valence-electron chi connectivity index (χ3n) is 5.18. The Morgan fingerprint density at radius 1 is 1.00 bits per heavy atom. The van der Waals surface area contributed by atoms with E-state index in [0.717, 1.165) is 10.8 Å². The summed E-state index contributed by atoms with van der Waals surface area (Å²) in [6, 6.07) is 13.2. The van der Waals surface area contributed by atoms with Crippen molar-refractivity contribution in [3.63, 3.8) is 0 Å². The number of carboxylic acids is 1. The highest BCUT2D eigenvalue weighted by atomic mass is 16.5. The SMILES string of the molecule is O=C(CCNC(=O)c1ccc2ccccc2c1)NCC1(C(=O)O)CCOCC1. The second-order valence-electron chi connectivity index (χ2n) is 7.04. The maximum atomic E-state index is 12.3. The summed E-state index contributed by atoms with van der Waals surface area (Å²) < 4.78 is 5.22. The van der Waals surface area contributed by atoms with Gasteiger partial charge >= 0.3 is 5.97 Å². The van der Waals surface area contributed by atoms with Crippen molar-refractivity contribution in [3.05, 3.63) is 48.0 Å². The van der Waals surface area contributed by atoms with Crippen LogP contribution in [0.2, 0.25) is 0 Å². The van der Waals surface area contributed by atoms with Crippen molar-refractivity contribution in [2.24, 2.45) is 5.41 Å². The number of aliphatic carboxylic acids is 1. The van der Waals surface area contributed by atoms with Gasteiger partial charge in [0.05, 0.1) is 5.41 Å². The lowest BCUT2D eigenvalue weighted by Gasteiger charge is -2.33. The zero-order chi connectivity index (χ0) is 20.0. The van der Waals surface area contributed by atoms with Crippen molar-refractivity contribution >= 4 is 28.6 Å². The van der Waals surface area contributed by atoms with E-state index in [1.54, 1.807) is 6.07 Å². The van der Waals surface area contributed by atoms with Gasteiger partial charge in [-0.3, -0.25) is 14.4 Å². The van der Waals surface area contributed by atoms with Gasteiger partial charge in [-0.2, -0.15) is 0 Å². The maximum Gasteiger partial charge on any atom is 0.311 e. The van der Waals surface area contributed by atoms with E-state index in [1.807, 2.05) is 36.4 Å². The summed E-state index contributed by atoms with van der Waals surface area (Å²) in [5.41, 5.74) is -0.437. The number of ether oxygens (including phenoxy) is 1. The van der Waals surface area contributed by atoms with Crippen molar-refractivity contribution in [2.45, 2.75) is 19.3 Å². The average Bonchev–Trinajstić information content (AvgIpc) is 2.72. The van der Waals surface area contributed by atoms with Gasteiger partial charge in [0.2, 0.25) is 5.91 Å². The first-order chi connectivity index (χ1) is 13.5. The zero-order valence-electron chi connectivity index (χ0n) is 15.6. The quantitative estimate of drug-likeness (QED) is 0.677. The number of hydrogen-bond acceptors (Lipinski definition) is 4. The zero-order valence-corrected chi connectivity index (χ0v) is 15.6. The van der Waals surface area contributed by atoms with Crippen molar-refractivity contribution < 1.29 is 24.2 Å². The van der Waals surface area contributed by atoms with E-state index in [4.69, 9.17) is 4.74 Å². The molecule has 0 saturated carbocycles. The molecule has 1 saturated heterocycles. The Hall–Kier alpha value is -2.93. The number of carboxylic acid groups (broad SMARTS) is 1. The van der Waals surface area contributed by atoms with Gasteiger partial charge in [0.1, 0.15) is 0 Å². The van der Waals surface area contributed by atoms with Gasteiger partial charge in [-0.05, 0) is 35.7 Å². The molecule has 2 aromatic rings. The van der Waals surface area contributed by atoms with Crippen LogP contribution in [0.4, 0.5) is 0 Å². The van der Waals surface area contributed by atoms with Crippen LogP contribution in [0.25, 0.3) is 10.8 Å². The molecule has 2 aromatic carbocycles. The summed E-state index contributed by atoms with van der Waals surface area (Å²) >= 11 is 0. The standard InChI is InChI=1S/C21H24N2O5/c24-18(23-14-21(20(26)27)8-11-28-12-9-21)7-10-22-19(25)17-6-5-15-3-1-2-4-16(15)13-17/h1-6,13H,7-12,14H2,(H,22,25)(H,23,24)(H,26,27). The number of carbonyl (C=O) groups is 3. The number of carbonyl (C=O) groups excluding carboxylic acids is 2. The monoisotopic (exact) mass is 384 g/mol. The highest BCUT2D eigenvalue weighted by Crippen LogP contribution is 2.30. The van der Waals surface area contributed by atoms with Crippen molar-refractivity contribution in [3.8, 4) is 0 Å². The third kappa shape index (κ3) is 4.67. The minimum atomic E-state index is -0.970. The number of benzene rings is 2. The van der Waals surface area contributed by atoms with Gasteiger partial charge < -0.3 is 20.5 Å². The predicted octanol–water partition coefficient (Wildman–Crippen LogP) is 1.96. The second kappa shape index (κ2) is 8.84. The number of rotatable bonds is 7. The smallest absolute Gasteiger partial charge is 0.311 e. The fourth-order valence-electron chi connectivity index (χ4n) is 3.31. The van der Waals surface area contributed by atoms with Crippen LogP contribution in [0, 0.1) is 5.41 Å². The van der Waals surface area contributed by atoms with Crippen molar-refractivity contribution in [2.75, 3.05) is 26.3 Å². The first kappa shape index (κ1) is 19.8. The molecule has 1 aliphatic heterocycles. The lowest BCUT2D eigenvalue weighted by atomic mass is 9.80. The van der Waals surface area contributed by atoms with Crippen LogP contribution in [-0.2, 0) is 14.3 Å². The predicted molar refractivity (Wildman–Crippen MR) is 104 cm³/mol. The normalized spacial score (nSPS) is 15.7. The van der Waals surface area contributed by atoms with Crippen molar-refractivity contribution in [1.29, 1.82) is 0 Å². The van der Waals surface area contributed by atoms with Crippen LogP contribution >= 0.6 is 0 Å². The molecule has 2 amide bonds. The molecule has 7 nitrogen and oxygen atoms in total. The summed E-state index contributed by atoms with van der Waals surface area (Å²) in [6.07, 6.45) is 0.841. The lowest BCUT2D eigenvalue weighted by molar-refractivity contribution is -0.154. The largest absolute Gasteiger partial charge is 0.481 e. The molecule has 7 heteroatoms. The van der Waals surface area contributed by atoms with Gasteiger partial charge in [0, 0.05) is 38.3 Å². The van der Waals surface area contributed by atoms with Gasteiger partial charge in [0.25, 0.3) is 5.91 Å². The van der Waals surface area contributed by atoms with Crippen LogP contribution in [0.1, 0.15) is 29.6 Å². The van der Waals surface area contributed by atoms with Gasteiger partial charge in [-0.15, -0.1) is 0 Å². The molecule has 3 N–H and O–H groups in total. The number of hydrogen-bond donors (Lipinski definition) is 3. The fourth-order valence-corrected chi connectivity index (χ4v) is 3.31. The van der Waals surface area contributed by atoms with Crippen molar-refractivity contribution in [1.82, 2.24) is 10.6 Å². The summed E-state index contributed by atoms with van der Waals surface area (Å²) in [5.74, 6) is -1.45. The van der Waals surface area contributed by atoms with Crippen LogP contribution in [-0.4, -0.2) is 49.2 Å². The summed E-state index contributed by atoms with van der Waals surface area (Å²) in [5, 5.41) is 16.9. The van der Waals surface area contributed by atoms with Crippen LogP contribution in [0.3, 0.4) is 0 Å². The molecule has 1 aliphatic rings. The maximum absolute atomic E-state index is 12.3. The summed E-state index contributed by atoms with van der Waals surface area (Å²) in [4.78, 5) is 35.9. The highest BCUT2D eigenvalue weighted by molar-refractivity contribution is 5.98. The van der Waals surface area contributed by atoms with E-state index in [9.17, 15) is 19.5 Å². The highest BCUT2D eigenvalue weighted by Gasteiger charge is 2.40. The number of fused-ring (bicyclic) bond motifs is 1. The van der Waals surface area contributed by atoms with E-state index in [2.05, 4.69) is 10.6 Å². The molecule has 0 unspecified atom stereocenters. The summed E-state index contributed by atoms with van der Waals surface area (Å²) in [7, 11) is 0. The van der Waals surface area contributed by atoms with E-state index < -0.39 is 11.4 Å². The van der Waals surface area contributed by atoms with E-state index >= 15 is 0 Å². The third-order valence-corrected chi connectivity index (χ3v) is 5.18. The number of amides is 2. The Balaban J connectivity index is 1.46. The molecule has 0 spiro atoms. The molecular formula is C21H24N2O5. The first-order valence-electron chi connectivity index (χ1n) is 9.35. The fraction of sp³-hybridized carbons (Fsp3) is 0.381. The Morgan fingerprint density at radius 2 is 1.71 bits per heavy atom. The molecule has 28 heavy (non-hydrogen) atoms. The molecule has 148 valence electrons. The summed E-state index contributed by atoms with van der Waals surface area (Å²) in [6.45, 7) is 1.01. The molecule has 0 radical (unpaired) electrons. The Morgan fingerprint density at radius 3 is 2.43 bits per heavy atom. The first-order valence-corrected chi connectivity index (χ1v) is 9.35. The average molecular weight is 384 g/mol. The van der Waals surface area contributed by atoms with Crippen LogP contribution in [0.5, 0.6) is 0 Å². The Labute approximate surface area is 163 Å².